The lowest BCUT2D eigenvalue weighted by Gasteiger charge is -2.39. The van der Waals surface area contributed by atoms with Gasteiger partial charge in [-0.2, -0.15) is 0 Å². The van der Waals surface area contributed by atoms with Crippen molar-refractivity contribution in [3.05, 3.63) is 90.0 Å². The van der Waals surface area contributed by atoms with E-state index in [1.165, 1.54) is 5.56 Å². The van der Waals surface area contributed by atoms with Crippen molar-refractivity contribution in [2.45, 2.75) is 25.8 Å². The van der Waals surface area contributed by atoms with Gasteiger partial charge in [0, 0.05) is 32.6 Å². The van der Waals surface area contributed by atoms with Gasteiger partial charge in [0.05, 0.1) is 18.5 Å². The number of piperazine rings is 1. The lowest BCUT2D eigenvalue weighted by molar-refractivity contribution is -0.118. The van der Waals surface area contributed by atoms with E-state index in [-0.39, 0.29) is 5.91 Å². The first-order chi connectivity index (χ1) is 17.2. The largest absolute Gasteiger partial charge is 0.495 e. The fraction of sp³-hybridized carbons (Fsp3) is 0.310. The standard InChI is InChI=1S/C29H32N4O2/c1-3-22-12-9-13-24(20-22)33-28(34)25(21-23-10-5-4-6-11-23)30-29(33)32-18-16-31(17-19-32)26-14-7-8-15-27(26)35-2/h4-15,20,25H,3,16-19,21H2,1-2H3. The van der Waals surface area contributed by atoms with Gasteiger partial charge < -0.3 is 14.5 Å². The van der Waals surface area contributed by atoms with Gasteiger partial charge >= 0.3 is 0 Å². The van der Waals surface area contributed by atoms with Crippen LogP contribution in [0.1, 0.15) is 18.1 Å². The molecule has 0 bridgehead atoms. The number of hydrogen-bond acceptors (Lipinski definition) is 5. The zero-order valence-corrected chi connectivity index (χ0v) is 20.4. The molecule has 0 N–H and O–H groups in total. The fourth-order valence-electron chi connectivity index (χ4n) is 4.89. The van der Waals surface area contributed by atoms with Crippen LogP contribution in [0.25, 0.3) is 0 Å². The molecule has 0 saturated carbocycles. The first-order valence-corrected chi connectivity index (χ1v) is 12.4. The number of anilines is 2. The highest BCUT2D eigenvalue weighted by Gasteiger charge is 2.39. The molecule has 6 heteroatoms. The molecule has 1 unspecified atom stereocenters. The zero-order valence-electron chi connectivity index (χ0n) is 20.4. The number of methoxy groups -OCH3 is 1. The van der Waals surface area contributed by atoms with Crippen molar-refractivity contribution >= 4 is 23.2 Å². The number of hydrogen-bond donors (Lipinski definition) is 0. The summed E-state index contributed by atoms with van der Waals surface area (Å²) in [5.74, 6) is 1.70. The van der Waals surface area contributed by atoms with Crippen LogP contribution in [0.2, 0.25) is 0 Å². The van der Waals surface area contributed by atoms with Crippen molar-refractivity contribution in [3.8, 4) is 5.75 Å². The van der Waals surface area contributed by atoms with Crippen LogP contribution in [0.5, 0.6) is 5.75 Å². The molecule has 1 amide bonds. The third-order valence-corrected chi connectivity index (χ3v) is 6.81. The van der Waals surface area contributed by atoms with Crippen molar-refractivity contribution in [1.82, 2.24) is 4.90 Å². The topological polar surface area (TPSA) is 48.4 Å². The number of guanidine groups is 1. The number of aryl methyl sites for hydroxylation is 1. The molecule has 1 fully saturated rings. The monoisotopic (exact) mass is 468 g/mol. The van der Waals surface area contributed by atoms with Crippen molar-refractivity contribution in [2.24, 2.45) is 4.99 Å². The van der Waals surface area contributed by atoms with Gasteiger partial charge in [-0.1, -0.05) is 61.5 Å². The Morgan fingerprint density at radius 2 is 1.54 bits per heavy atom. The van der Waals surface area contributed by atoms with Crippen LogP contribution in [-0.2, 0) is 17.6 Å². The molecule has 2 heterocycles. The summed E-state index contributed by atoms with van der Waals surface area (Å²) in [6.45, 7) is 5.37. The molecule has 6 nitrogen and oxygen atoms in total. The molecule has 0 radical (unpaired) electrons. The van der Waals surface area contributed by atoms with Crippen LogP contribution in [0.15, 0.2) is 83.9 Å². The molecular weight excluding hydrogens is 436 g/mol. The van der Waals surface area contributed by atoms with Gasteiger partial charge in [0.2, 0.25) is 5.96 Å². The lowest BCUT2D eigenvalue weighted by Crippen LogP contribution is -2.53. The predicted molar refractivity (Wildman–Crippen MR) is 141 cm³/mol. The Labute approximate surface area is 207 Å². The second-order valence-corrected chi connectivity index (χ2v) is 8.98. The molecule has 2 aliphatic heterocycles. The van der Waals surface area contributed by atoms with E-state index in [9.17, 15) is 4.79 Å². The van der Waals surface area contributed by atoms with E-state index in [1.54, 1.807) is 7.11 Å². The Hall–Kier alpha value is -3.80. The van der Waals surface area contributed by atoms with Gasteiger partial charge in [-0.15, -0.1) is 0 Å². The van der Waals surface area contributed by atoms with Crippen molar-refractivity contribution in [3.63, 3.8) is 0 Å². The zero-order chi connectivity index (χ0) is 24.2. The van der Waals surface area contributed by atoms with Crippen molar-refractivity contribution < 1.29 is 9.53 Å². The third kappa shape index (κ3) is 4.74. The van der Waals surface area contributed by atoms with Crippen LogP contribution >= 0.6 is 0 Å². The van der Waals surface area contributed by atoms with Crippen LogP contribution in [-0.4, -0.2) is 56.1 Å². The molecule has 5 rings (SSSR count). The van der Waals surface area contributed by atoms with Gasteiger partial charge in [0.15, 0.2) is 0 Å². The lowest BCUT2D eigenvalue weighted by atomic mass is 10.1. The Kier molecular flexibility index (Phi) is 6.70. The fourth-order valence-corrected chi connectivity index (χ4v) is 4.89. The van der Waals surface area contributed by atoms with Gasteiger partial charge in [-0.05, 0) is 41.8 Å². The minimum absolute atomic E-state index is 0.0456. The van der Waals surface area contributed by atoms with Gasteiger partial charge in [0.1, 0.15) is 11.8 Å². The molecule has 0 spiro atoms. The van der Waals surface area contributed by atoms with Gasteiger partial charge in [-0.3, -0.25) is 4.79 Å². The molecule has 0 aliphatic carbocycles. The molecule has 2 aliphatic rings. The smallest absolute Gasteiger partial charge is 0.259 e. The number of ether oxygens (including phenoxy) is 1. The number of nitrogens with zero attached hydrogens (tertiary/aromatic N) is 4. The van der Waals surface area contributed by atoms with E-state index in [4.69, 9.17) is 9.73 Å². The average Bonchev–Trinajstić information content (AvgIpc) is 3.24. The second-order valence-electron chi connectivity index (χ2n) is 8.98. The van der Waals surface area contributed by atoms with Gasteiger partial charge in [0.25, 0.3) is 5.91 Å². The Morgan fingerprint density at radius 1 is 0.857 bits per heavy atom. The summed E-state index contributed by atoms with van der Waals surface area (Å²) in [7, 11) is 1.71. The Balaban J connectivity index is 1.41. The predicted octanol–water partition coefficient (Wildman–Crippen LogP) is 4.39. The molecule has 35 heavy (non-hydrogen) atoms. The van der Waals surface area contributed by atoms with Crippen LogP contribution in [0.4, 0.5) is 11.4 Å². The summed E-state index contributed by atoms with van der Waals surface area (Å²) in [5, 5.41) is 0. The minimum atomic E-state index is -0.412. The molecule has 1 atom stereocenters. The number of carbonyl (C=O) groups excluding carboxylic acids is 1. The molecule has 180 valence electrons. The highest BCUT2D eigenvalue weighted by molar-refractivity contribution is 6.22. The molecular formula is C29H32N4O2. The summed E-state index contributed by atoms with van der Waals surface area (Å²) < 4.78 is 5.57. The quantitative estimate of drug-likeness (QED) is 0.538. The maximum atomic E-state index is 13.7. The van der Waals surface area contributed by atoms with Crippen molar-refractivity contribution in [1.29, 1.82) is 0 Å². The third-order valence-electron chi connectivity index (χ3n) is 6.81. The normalized spacial score (nSPS) is 18.1. The molecule has 1 saturated heterocycles. The number of para-hydroxylation sites is 2. The second kappa shape index (κ2) is 10.2. The van der Waals surface area contributed by atoms with E-state index < -0.39 is 6.04 Å². The van der Waals surface area contributed by atoms with Crippen LogP contribution < -0.4 is 14.5 Å². The van der Waals surface area contributed by atoms with Gasteiger partial charge in [-0.25, -0.2) is 9.89 Å². The van der Waals surface area contributed by atoms with E-state index in [0.717, 1.165) is 61.2 Å². The number of carbonyl (C=O) groups is 1. The van der Waals surface area contributed by atoms with E-state index in [2.05, 4.69) is 47.1 Å². The summed E-state index contributed by atoms with van der Waals surface area (Å²) in [5.41, 5.74) is 4.34. The summed E-state index contributed by atoms with van der Waals surface area (Å²) in [6.07, 6.45) is 1.53. The summed E-state index contributed by atoms with van der Waals surface area (Å²) in [6, 6.07) is 26.1. The summed E-state index contributed by atoms with van der Waals surface area (Å²) in [4.78, 5) is 25.1. The highest BCUT2D eigenvalue weighted by Crippen LogP contribution is 2.30. The van der Waals surface area contributed by atoms with Crippen LogP contribution in [0, 0.1) is 0 Å². The maximum Gasteiger partial charge on any atom is 0.259 e. The highest BCUT2D eigenvalue weighted by atomic mass is 16.5. The average molecular weight is 469 g/mol. The number of aliphatic imine (C=N–C) groups is 1. The van der Waals surface area contributed by atoms with Crippen molar-refractivity contribution in [2.75, 3.05) is 43.1 Å². The minimum Gasteiger partial charge on any atom is -0.495 e. The number of benzene rings is 3. The SMILES string of the molecule is CCc1cccc(N2C(=O)C(Cc3ccccc3)N=C2N2CCN(c3ccccc3OC)CC2)c1. The first-order valence-electron chi connectivity index (χ1n) is 12.4. The molecule has 3 aromatic rings. The van der Waals surface area contributed by atoms with E-state index in [1.807, 2.05) is 53.4 Å². The Bertz CT molecular complexity index is 1200. The van der Waals surface area contributed by atoms with E-state index >= 15 is 0 Å². The number of rotatable bonds is 6. The summed E-state index contributed by atoms with van der Waals surface area (Å²) >= 11 is 0. The maximum absolute atomic E-state index is 13.7. The molecule has 3 aromatic carbocycles. The number of amides is 1. The van der Waals surface area contributed by atoms with Crippen LogP contribution in [0.3, 0.4) is 0 Å². The molecule has 0 aromatic heterocycles. The Morgan fingerprint density at radius 3 is 2.29 bits per heavy atom. The first kappa shape index (κ1) is 23.0. The van der Waals surface area contributed by atoms with E-state index in [0.29, 0.717) is 6.42 Å².